The molecule has 0 radical (unpaired) electrons. The molecule has 4 nitrogen and oxygen atoms in total. The van der Waals surface area contributed by atoms with Gasteiger partial charge in [0.25, 0.3) is 0 Å². The first kappa shape index (κ1) is 15.2. The van der Waals surface area contributed by atoms with Crippen LogP contribution < -0.4 is 5.73 Å². The summed E-state index contributed by atoms with van der Waals surface area (Å²) < 4.78 is 40.7. The topological polar surface area (TPSA) is 68.3 Å². The van der Waals surface area contributed by atoms with Crippen LogP contribution in [0.1, 0.15) is 18.5 Å². The van der Waals surface area contributed by atoms with Gasteiger partial charge in [-0.05, 0) is 19.1 Å². The molecular weight excluding hydrogens is 307 g/mol. The van der Waals surface area contributed by atoms with Crippen LogP contribution in [0.3, 0.4) is 0 Å². The second-order valence-electron chi connectivity index (χ2n) is 4.30. The number of pyridine rings is 1. The van der Waals surface area contributed by atoms with E-state index in [9.17, 15) is 18.1 Å². The lowest BCUT2D eigenvalue weighted by molar-refractivity contribution is 0.582. The average Bonchev–Trinajstić information content (AvgIpc) is 2.43. The van der Waals surface area contributed by atoms with E-state index in [1.165, 1.54) is 6.92 Å². The molecule has 1 unspecified atom stereocenters. The molecule has 2 N–H and O–H groups in total. The van der Waals surface area contributed by atoms with Gasteiger partial charge in [0.05, 0.1) is 11.4 Å². The molecule has 8 heteroatoms. The van der Waals surface area contributed by atoms with Crippen LogP contribution in [0.2, 0.25) is 5.15 Å². The third kappa shape index (κ3) is 2.69. The Morgan fingerprint density at radius 1 is 1.33 bits per heavy atom. The molecule has 1 heterocycles. The summed E-state index contributed by atoms with van der Waals surface area (Å²) in [5, 5.41) is 2.11. The summed E-state index contributed by atoms with van der Waals surface area (Å²) in [5.41, 5.74) is 4.87. The van der Waals surface area contributed by atoms with Crippen molar-refractivity contribution in [1.29, 1.82) is 0 Å². The van der Waals surface area contributed by atoms with Crippen molar-refractivity contribution in [2.45, 2.75) is 13.0 Å². The molecule has 0 aliphatic carbocycles. The van der Waals surface area contributed by atoms with Gasteiger partial charge < -0.3 is 5.73 Å². The van der Waals surface area contributed by atoms with E-state index < -0.39 is 28.6 Å². The van der Waals surface area contributed by atoms with E-state index in [1.54, 1.807) is 0 Å². The minimum atomic E-state index is -1.13. The molecule has 0 bridgehead atoms. The maximum absolute atomic E-state index is 13.9. The molecule has 0 aliphatic heterocycles. The first-order valence-electron chi connectivity index (χ1n) is 5.79. The van der Waals surface area contributed by atoms with Crippen molar-refractivity contribution >= 4 is 17.3 Å². The molecule has 0 aliphatic rings. The van der Waals surface area contributed by atoms with Crippen LogP contribution in [0.15, 0.2) is 23.4 Å². The monoisotopic (exact) mass is 315 g/mol. The highest BCUT2D eigenvalue weighted by molar-refractivity contribution is 6.29. The van der Waals surface area contributed by atoms with Crippen LogP contribution in [-0.2, 0) is 0 Å². The normalized spacial score (nSPS) is 12.2. The lowest BCUT2D eigenvalue weighted by Gasteiger charge is -2.14. The maximum Gasteiger partial charge on any atom is 0.168 e. The van der Waals surface area contributed by atoms with E-state index in [0.29, 0.717) is 6.07 Å². The minimum absolute atomic E-state index is 0.157. The molecule has 1 aromatic heterocycles. The summed E-state index contributed by atoms with van der Waals surface area (Å²) in [7, 11) is 0. The molecule has 110 valence electrons. The number of halogens is 4. The Morgan fingerprint density at radius 3 is 2.57 bits per heavy atom. The predicted octanol–water partition coefficient (Wildman–Crippen LogP) is 4.23. The summed E-state index contributed by atoms with van der Waals surface area (Å²) in [6.07, 6.45) is 0. The number of nitrogens with zero attached hydrogens (tertiary/aromatic N) is 2. The fourth-order valence-corrected chi connectivity index (χ4v) is 2.10. The van der Waals surface area contributed by atoms with Gasteiger partial charge in [0, 0.05) is 17.2 Å². The lowest BCUT2D eigenvalue weighted by Crippen LogP contribution is -2.07. The molecule has 21 heavy (non-hydrogen) atoms. The van der Waals surface area contributed by atoms with Gasteiger partial charge in [-0.25, -0.2) is 18.2 Å². The van der Waals surface area contributed by atoms with Gasteiger partial charge in [0.1, 0.15) is 17.7 Å². The van der Waals surface area contributed by atoms with Gasteiger partial charge in [-0.2, -0.15) is 4.91 Å². The van der Waals surface area contributed by atoms with Crippen molar-refractivity contribution in [2.75, 3.05) is 5.73 Å². The Bertz CT molecular complexity index is 724. The van der Waals surface area contributed by atoms with Gasteiger partial charge in [0.15, 0.2) is 11.0 Å². The predicted molar refractivity (Wildman–Crippen MR) is 73.2 cm³/mol. The summed E-state index contributed by atoms with van der Waals surface area (Å²) in [6, 6.07) is 1.60. The van der Waals surface area contributed by atoms with Gasteiger partial charge >= 0.3 is 0 Å². The van der Waals surface area contributed by atoms with E-state index in [-0.39, 0.29) is 22.5 Å². The standard InChI is InChI=1S/C13H9ClF3N3O/c1-5(20-21)9-10(17)13(14)19-12(11(9)18)7-3-2-6(15)4-8(7)16/h2-5H,18H2,1H3. The third-order valence-corrected chi connectivity index (χ3v) is 3.19. The Kier molecular flexibility index (Phi) is 4.13. The number of hydrogen-bond acceptors (Lipinski definition) is 4. The summed E-state index contributed by atoms with van der Waals surface area (Å²) in [4.78, 5) is 14.3. The highest BCUT2D eigenvalue weighted by Crippen LogP contribution is 2.37. The van der Waals surface area contributed by atoms with Crippen LogP contribution in [0.5, 0.6) is 0 Å². The van der Waals surface area contributed by atoms with E-state index in [2.05, 4.69) is 10.2 Å². The number of nitrogens with two attached hydrogens (primary N) is 1. The Labute approximate surface area is 122 Å². The second kappa shape index (κ2) is 5.69. The zero-order valence-electron chi connectivity index (χ0n) is 10.7. The van der Waals surface area contributed by atoms with Crippen LogP contribution in [-0.4, -0.2) is 4.98 Å². The summed E-state index contributed by atoms with van der Waals surface area (Å²) in [6.45, 7) is 1.31. The molecule has 1 aromatic carbocycles. The van der Waals surface area contributed by atoms with Crippen molar-refractivity contribution in [3.8, 4) is 11.3 Å². The van der Waals surface area contributed by atoms with Crippen LogP contribution in [0.4, 0.5) is 18.9 Å². The van der Waals surface area contributed by atoms with Crippen LogP contribution >= 0.6 is 11.6 Å². The highest BCUT2D eigenvalue weighted by atomic mass is 35.5. The molecule has 2 aromatic rings. The molecule has 2 rings (SSSR count). The Balaban J connectivity index is 2.76. The van der Waals surface area contributed by atoms with Crippen LogP contribution in [0, 0.1) is 22.4 Å². The zero-order valence-corrected chi connectivity index (χ0v) is 11.5. The molecule has 0 spiro atoms. The number of rotatable bonds is 3. The fraction of sp³-hybridized carbons (Fsp3) is 0.154. The Morgan fingerprint density at radius 2 is 2.00 bits per heavy atom. The third-order valence-electron chi connectivity index (χ3n) is 2.93. The first-order valence-corrected chi connectivity index (χ1v) is 6.16. The van der Waals surface area contributed by atoms with Gasteiger partial charge in [0.2, 0.25) is 0 Å². The summed E-state index contributed by atoms with van der Waals surface area (Å²) >= 11 is 5.64. The Hall–Kier alpha value is -2.15. The van der Waals surface area contributed by atoms with Crippen molar-refractivity contribution in [3.63, 3.8) is 0 Å². The lowest BCUT2D eigenvalue weighted by atomic mass is 10.0. The number of aromatic nitrogens is 1. The number of anilines is 1. The van der Waals surface area contributed by atoms with Crippen LogP contribution in [0.25, 0.3) is 11.3 Å². The smallest absolute Gasteiger partial charge is 0.168 e. The maximum atomic E-state index is 13.9. The molecule has 0 amide bonds. The van der Waals surface area contributed by atoms with E-state index in [0.717, 1.165) is 12.1 Å². The molecule has 0 saturated carbocycles. The van der Waals surface area contributed by atoms with Crippen molar-refractivity contribution in [3.05, 3.63) is 51.3 Å². The molecule has 1 atom stereocenters. The largest absolute Gasteiger partial charge is 0.397 e. The number of nitroso groups, excluding NO2 is 1. The van der Waals surface area contributed by atoms with E-state index in [1.807, 2.05) is 0 Å². The van der Waals surface area contributed by atoms with Gasteiger partial charge in [-0.3, -0.25) is 0 Å². The van der Waals surface area contributed by atoms with Gasteiger partial charge in [-0.1, -0.05) is 16.8 Å². The van der Waals surface area contributed by atoms with E-state index >= 15 is 0 Å². The van der Waals surface area contributed by atoms with Crippen molar-refractivity contribution < 1.29 is 13.2 Å². The number of benzene rings is 1. The number of hydrogen-bond donors (Lipinski definition) is 1. The number of nitrogen functional groups attached to an aromatic ring is 1. The zero-order chi connectivity index (χ0) is 15.7. The van der Waals surface area contributed by atoms with Gasteiger partial charge in [-0.15, -0.1) is 0 Å². The first-order chi connectivity index (χ1) is 9.86. The molecular formula is C13H9ClF3N3O. The fourth-order valence-electron chi connectivity index (χ4n) is 1.91. The molecule has 0 fully saturated rings. The molecule has 0 saturated heterocycles. The minimum Gasteiger partial charge on any atom is -0.397 e. The second-order valence-corrected chi connectivity index (χ2v) is 4.66. The SMILES string of the molecule is CC(N=O)c1c(N)c(-c2ccc(F)cc2F)nc(Cl)c1F. The highest BCUT2D eigenvalue weighted by Gasteiger charge is 2.24. The summed E-state index contributed by atoms with van der Waals surface area (Å²) in [5.74, 6) is -2.71. The average molecular weight is 316 g/mol. The van der Waals surface area contributed by atoms with E-state index in [4.69, 9.17) is 17.3 Å². The van der Waals surface area contributed by atoms with Crippen molar-refractivity contribution in [2.24, 2.45) is 5.18 Å². The quantitative estimate of drug-likeness (QED) is 0.680. The van der Waals surface area contributed by atoms with Crippen molar-refractivity contribution in [1.82, 2.24) is 4.98 Å².